The summed E-state index contributed by atoms with van der Waals surface area (Å²) < 4.78 is 1.81. The molecule has 0 aliphatic heterocycles. The summed E-state index contributed by atoms with van der Waals surface area (Å²) in [6.45, 7) is 0.905. The van der Waals surface area contributed by atoms with E-state index in [0.29, 0.717) is 6.42 Å². The number of hydrogen-bond acceptors (Lipinski definition) is 3. The molecule has 1 heterocycles. The smallest absolute Gasteiger partial charge is 0.225 e. The number of nitrogens with one attached hydrogen (secondary N) is 1. The number of para-hydroxylation sites is 1. The molecule has 5 nitrogen and oxygen atoms in total. The Morgan fingerprint density at radius 3 is 2.65 bits per heavy atom. The molecule has 1 saturated carbocycles. The molecule has 1 aromatic heterocycles. The Bertz CT molecular complexity index is 659. The third-order valence-corrected chi connectivity index (χ3v) is 4.36. The van der Waals surface area contributed by atoms with Crippen molar-refractivity contribution in [3.8, 4) is 5.69 Å². The van der Waals surface area contributed by atoms with Gasteiger partial charge in [0.1, 0.15) is 0 Å². The molecule has 1 fully saturated rings. The van der Waals surface area contributed by atoms with Crippen molar-refractivity contribution in [1.29, 1.82) is 0 Å². The molecule has 0 radical (unpaired) electrons. The molecule has 0 saturated heterocycles. The fraction of sp³-hybridized carbons (Fsp3) is 0.444. The molecular formula is C18H24N4O. The molecule has 1 aliphatic rings. The monoisotopic (exact) mass is 312 g/mol. The second-order valence-corrected chi connectivity index (χ2v) is 6.73. The molecule has 1 amide bonds. The van der Waals surface area contributed by atoms with Gasteiger partial charge in [0.05, 0.1) is 23.8 Å². The fourth-order valence-electron chi connectivity index (χ4n) is 3.23. The van der Waals surface area contributed by atoms with Gasteiger partial charge in [-0.25, -0.2) is 4.68 Å². The molecule has 5 heteroatoms. The summed E-state index contributed by atoms with van der Waals surface area (Å²) in [5.41, 5.74) is 1.91. The predicted octanol–water partition coefficient (Wildman–Crippen LogP) is 2.02. The van der Waals surface area contributed by atoms with Crippen LogP contribution in [0.3, 0.4) is 0 Å². The Labute approximate surface area is 137 Å². The van der Waals surface area contributed by atoms with Gasteiger partial charge < -0.3 is 10.2 Å². The van der Waals surface area contributed by atoms with E-state index in [9.17, 15) is 4.79 Å². The highest BCUT2D eigenvalue weighted by Crippen LogP contribution is 2.32. The van der Waals surface area contributed by atoms with Gasteiger partial charge in [-0.2, -0.15) is 5.10 Å². The molecule has 1 N–H and O–H groups in total. The number of hydrogen-bond donors (Lipinski definition) is 1. The topological polar surface area (TPSA) is 50.2 Å². The van der Waals surface area contributed by atoms with Gasteiger partial charge in [-0.1, -0.05) is 18.2 Å². The minimum absolute atomic E-state index is 0.0317. The largest absolute Gasteiger partial charge is 0.349 e. The van der Waals surface area contributed by atoms with Crippen molar-refractivity contribution in [3.63, 3.8) is 0 Å². The number of carbonyl (C=O) groups is 1. The average Bonchev–Trinajstić information content (AvgIpc) is 2.93. The van der Waals surface area contributed by atoms with Crippen LogP contribution < -0.4 is 5.32 Å². The summed E-state index contributed by atoms with van der Waals surface area (Å²) in [6, 6.07) is 9.93. The second-order valence-electron chi connectivity index (χ2n) is 6.73. The SMILES string of the molecule is CN(C)CC1(NC(=O)Cc2cnn(-c3ccccc3)c2)CCC1. The van der Waals surface area contributed by atoms with Crippen LogP contribution in [0.5, 0.6) is 0 Å². The normalized spacial score (nSPS) is 16.1. The summed E-state index contributed by atoms with van der Waals surface area (Å²) in [7, 11) is 4.10. The van der Waals surface area contributed by atoms with E-state index in [1.54, 1.807) is 6.20 Å². The number of rotatable bonds is 6. The summed E-state index contributed by atoms with van der Waals surface area (Å²) >= 11 is 0. The highest BCUT2D eigenvalue weighted by Gasteiger charge is 2.38. The van der Waals surface area contributed by atoms with Crippen LogP contribution in [0.4, 0.5) is 0 Å². The third kappa shape index (κ3) is 3.79. The molecule has 2 aromatic rings. The van der Waals surface area contributed by atoms with Crippen LogP contribution in [0.2, 0.25) is 0 Å². The fourth-order valence-corrected chi connectivity index (χ4v) is 3.23. The Kier molecular flexibility index (Phi) is 4.48. The first kappa shape index (κ1) is 15.7. The van der Waals surface area contributed by atoms with Crippen LogP contribution in [-0.2, 0) is 11.2 Å². The van der Waals surface area contributed by atoms with Gasteiger partial charge in [0, 0.05) is 12.7 Å². The van der Waals surface area contributed by atoms with Crippen molar-refractivity contribution in [1.82, 2.24) is 20.0 Å². The van der Waals surface area contributed by atoms with Crippen LogP contribution in [-0.4, -0.2) is 46.8 Å². The molecule has 122 valence electrons. The van der Waals surface area contributed by atoms with Crippen LogP contribution in [0, 0.1) is 0 Å². The Hall–Kier alpha value is -2.14. The van der Waals surface area contributed by atoms with Crippen molar-refractivity contribution in [3.05, 3.63) is 48.3 Å². The van der Waals surface area contributed by atoms with Gasteiger partial charge in [0.2, 0.25) is 5.91 Å². The summed E-state index contributed by atoms with van der Waals surface area (Å²) in [6.07, 6.45) is 7.41. The molecule has 3 rings (SSSR count). The zero-order valence-corrected chi connectivity index (χ0v) is 13.8. The molecular weight excluding hydrogens is 288 g/mol. The minimum atomic E-state index is -0.0317. The zero-order valence-electron chi connectivity index (χ0n) is 13.8. The lowest BCUT2D eigenvalue weighted by molar-refractivity contribution is -0.123. The van der Waals surface area contributed by atoms with Crippen molar-refractivity contribution < 1.29 is 4.79 Å². The molecule has 1 aromatic carbocycles. The lowest BCUT2D eigenvalue weighted by atomic mass is 9.76. The predicted molar refractivity (Wildman–Crippen MR) is 90.5 cm³/mol. The second kappa shape index (κ2) is 6.54. The Morgan fingerprint density at radius 1 is 1.30 bits per heavy atom. The lowest BCUT2D eigenvalue weighted by Crippen LogP contribution is -2.59. The highest BCUT2D eigenvalue weighted by atomic mass is 16.1. The van der Waals surface area contributed by atoms with E-state index < -0.39 is 0 Å². The van der Waals surface area contributed by atoms with Gasteiger partial charge in [-0.15, -0.1) is 0 Å². The molecule has 23 heavy (non-hydrogen) atoms. The van der Waals surface area contributed by atoms with E-state index >= 15 is 0 Å². The zero-order chi connectivity index (χ0) is 16.3. The molecule has 1 aliphatic carbocycles. The molecule has 0 spiro atoms. The maximum Gasteiger partial charge on any atom is 0.225 e. The van der Waals surface area contributed by atoms with E-state index in [0.717, 1.165) is 30.6 Å². The van der Waals surface area contributed by atoms with E-state index in [1.165, 1.54) is 6.42 Å². The van der Waals surface area contributed by atoms with Crippen molar-refractivity contribution in [2.45, 2.75) is 31.2 Å². The van der Waals surface area contributed by atoms with Gasteiger partial charge in [0.25, 0.3) is 0 Å². The quantitative estimate of drug-likeness (QED) is 0.888. The number of carbonyl (C=O) groups excluding carboxylic acids is 1. The number of nitrogens with zero attached hydrogens (tertiary/aromatic N) is 3. The first-order valence-electron chi connectivity index (χ1n) is 8.11. The van der Waals surface area contributed by atoms with Crippen molar-refractivity contribution in [2.24, 2.45) is 0 Å². The number of amides is 1. The summed E-state index contributed by atoms with van der Waals surface area (Å²) in [5, 5.41) is 7.59. The number of benzene rings is 1. The molecule has 0 atom stereocenters. The summed E-state index contributed by atoms with van der Waals surface area (Å²) in [5.74, 6) is 0.0826. The first-order chi connectivity index (χ1) is 11.1. The maximum absolute atomic E-state index is 12.4. The van der Waals surface area contributed by atoms with Crippen molar-refractivity contribution >= 4 is 5.91 Å². The molecule has 0 unspecified atom stereocenters. The highest BCUT2D eigenvalue weighted by molar-refractivity contribution is 5.79. The Balaban J connectivity index is 1.61. The lowest BCUT2D eigenvalue weighted by Gasteiger charge is -2.44. The van der Waals surface area contributed by atoms with E-state index in [4.69, 9.17) is 0 Å². The Morgan fingerprint density at radius 2 is 2.04 bits per heavy atom. The summed E-state index contributed by atoms with van der Waals surface area (Å²) in [4.78, 5) is 14.5. The first-order valence-corrected chi connectivity index (χ1v) is 8.11. The van der Waals surface area contributed by atoms with E-state index in [2.05, 4.69) is 29.4 Å². The van der Waals surface area contributed by atoms with Gasteiger partial charge >= 0.3 is 0 Å². The molecule has 0 bridgehead atoms. The van der Waals surface area contributed by atoms with Gasteiger partial charge in [0.15, 0.2) is 0 Å². The van der Waals surface area contributed by atoms with Gasteiger partial charge in [-0.05, 0) is 51.1 Å². The minimum Gasteiger partial charge on any atom is -0.349 e. The van der Waals surface area contributed by atoms with Crippen LogP contribution in [0.25, 0.3) is 5.69 Å². The average molecular weight is 312 g/mol. The van der Waals surface area contributed by atoms with Gasteiger partial charge in [-0.3, -0.25) is 4.79 Å². The number of likely N-dealkylation sites (N-methyl/N-ethyl adjacent to an activating group) is 1. The van der Waals surface area contributed by atoms with Crippen LogP contribution in [0.1, 0.15) is 24.8 Å². The van der Waals surface area contributed by atoms with E-state index in [-0.39, 0.29) is 11.4 Å². The van der Waals surface area contributed by atoms with Crippen molar-refractivity contribution in [2.75, 3.05) is 20.6 Å². The van der Waals surface area contributed by atoms with Crippen LogP contribution >= 0.6 is 0 Å². The standard InChI is InChI=1S/C18H24N4O/c1-21(2)14-18(9-6-10-18)20-17(23)11-15-12-19-22(13-15)16-7-4-3-5-8-16/h3-5,7-8,12-13H,6,9-11,14H2,1-2H3,(H,20,23). The number of aromatic nitrogens is 2. The van der Waals surface area contributed by atoms with Crippen LogP contribution in [0.15, 0.2) is 42.7 Å². The van der Waals surface area contributed by atoms with E-state index in [1.807, 2.05) is 41.2 Å². The third-order valence-electron chi connectivity index (χ3n) is 4.36. The maximum atomic E-state index is 12.4.